The summed E-state index contributed by atoms with van der Waals surface area (Å²) in [6.07, 6.45) is 0. The van der Waals surface area contributed by atoms with Crippen molar-refractivity contribution in [3.63, 3.8) is 0 Å². The summed E-state index contributed by atoms with van der Waals surface area (Å²) in [6.45, 7) is 7.27. The lowest BCUT2D eigenvalue weighted by molar-refractivity contribution is -0.0893. The Morgan fingerprint density at radius 2 is 1.83 bits per heavy atom. The SMILES string of the molecule is CC(C)(O)C(C)(C)OBc1ccc2oc3cccc(Cl)c3c2c1. The van der Waals surface area contributed by atoms with Crippen molar-refractivity contribution in [3.8, 4) is 0 Å². The molecule has 0 spiro atoms. The zero-order valence-electron chi connectivity index (χ0n) is 13.8. The third kappa shape index (κ3) is 2.99. The minimum absolute atomic E-state index is 0.407. The first-order valence-corrected chi connectivity index (χ1v) is 8.03. The molecule has 23 heavy (non-hydrogen) atoms. The molecular formula is C18H20BClO3. The predicted molar refractivity (Wildman–Crippen MR) is 97.0 cm³/mol. The molecule has 120 valence electrons. The molecule has 3 rings (SSSR count). The summed E-state index contributed by atoms with van der Waals surface area (Å²) in [6, 6.07) is 11.6. The molecular weight excluding hydrogens is 310 g/mol. The van der Waals surface area contributed by atoms with E-state index in [4.69, 9.17) is 20.7 Å². The van der Waals surface area contributed by atoms with Crippen LogP contribution in [0.4, 0.5) is 0 Å². The maximum absolute atomic E-state index is 10.2. The van der Waals surface area contributed by atoms with Gasteiger partial charge >= 0.3 is 7.48 Å². The number of furan rings is 1. The first kappa shape index (κ1) is 16.4. The average Bonchev–Trinajstić information content (AvgIpc) is 2.83. The molecule has 0 amide bonds. The van der Waals surface area contributed by atoms with Crippen LogP contribution in [0, 0.1) is 0 Å². The Kier molecular flexibility index (Phi) is 3.95. The fourth-order valence-corrected chi connectivity index (χ4v) is 2.63. The molecule has 0 aliphatic heterocycles. The lowest BCUT2D eigenvalue weighted by Crippen LogP contribution is -2.49. The number of benzene rings is 2. The van der Waals surface area contributed by atoms with Gasteiger partial charge in [0.25, 0.3) is 0 Å². The summed E-state index contributed by atoms with van der Waals surface area (Å²) in [5, 5.41) is 12.8. The van der Waals surface area contributed by atoms with E-state index in [1.165, 1.54) is 0 Å². The smallest absolute Gasteiger partial charge is 0.309 e. The van der Waals surface area contributed by atoms with E-state index < -0.39 is 11.2 Å². The molecule has 0 radical (unpaired) electrons. The van der Waals surface area contributed by atoms with Crippen molar-refractivity contribution in [3.05, 3.63) is 41.4 Å². The molecule has 0 aliphatic rings. The first-order valence-electron chi connectivity index (χ1n) is 7.65. The largest absolute Gasteiger partial charge is 0.456 e. The van der Waals surface area contributed by atoms with E-state index in [1.807, 2.05) is 50.2 Å². The van der Waals surface area contributed by atoms with Crippen LogP contribution in [0.15, 0.2) is 40.8 Å². The van der Waals surface area contributed by atoms with Gasteiger partial charge in [0.15, 0.2) is 0 Å². The number of hydrogen-bond donors (Lipinski definition) is 1. The highest BCUT2D eigenvalue weighted by atomic mass is 35.5. The van der Waals surface area contributed by atoms with Crippen LogP contribution in [-0.2, 0) is 4.65 Å². The second-order valence-electron chi connectivity index (χ2n) is 6.90. The van der Waals surface area contributed by atoms with Crippen molar-refractivity contribution in [2.24, 2.45) is 0 Å². The van der Waals surface area contributed by atoms with Gasteiger partial charge in [0.1, 0.15) is 11.2 Å². The summed E-state index contributed by atoms with van der Waals surface area (Å²) in [5.74, 6) is 0. The number of aliphatic hydroxyl groups is 1. The van der Waals surface area contributed by atoms with Crippen LogP contribution in [0.25, 0.3) is 21.9 Å². The zero-order valence-corrected chi connectivity index (χ0v) is 14.6. The topological polar surface area (TPSA) is 42.6 Å². The summed E-state index contributed by atoms with van der Waals surface area (Å²) in [7, 11) is 0.407. The molecule has 0 atom stereocenters. The maximum atomic E-state index is 10.2. The van der Waals surface area contributed by atoms with Crippen molar-refractivity contribution in [1.82, 2.24) is 0 Å². The Labute approximate surface area is 141 Å². The molecule has 0 saturated heterocycles. The number of fused-ring (bicyclic) bond motifs is 3. The van der Waals surface area contributed by atoms with Gasteiger partial charge in [0, 0.05) is 10.8 Å². The minimum atomic E-state index is -0.928. The van der Waals surface area contributed by atoms with E-state index in [-0.39, 0.29) is 0 Å². The van der Waals surface area contributed by atoms with E-state index in [0.29, 0.717) is 12.5 Å². The van der Waals surface area contributed by atoms with Gasteiger partial charge in [-0.05, 0) is 45.9 Å². The predicted octanol–water partition coefficient (Wildman–Crippen LogP) is 3.78. The third-order valence-electron chi connectivity index (χ3n) is 4.58. The van der Waals surface area contributed by atoms with Crippen molar-refractivity contribution in [2.75, 3.05) is 0 Å². The molecule has 3 nitrogen and oxygen atoms in total. The highest BCUT2D eigenvalue weighted by Crippen LogP contribution is 2.33. The monoisotopic (exact) mass is 330 g/mol. The van der Waals surface area contributed by atoms with E-state index in [2.05, 4.69) is 0 Å². The average molecular weight is 331 g/mol. The van der Waals surface area contributed by atoms with Crippen LogP contribution in [0.5, 0.6) is 0 Å². The Bertz CT molecular complexity index is 862. The van der Waals surface area contributed by atoms with Crippen molar-refractivity contribution in [2.45, 2.75) is 38.9 Å². The van der Waals surface area contributed by atoms with Crippen molar-refractivity contribution < 1.29 is 14.2 Å². The summed E-state index contributed by atoms with van der Waals surface area (Å²) in [4.78, 5) is 0. The van der Waals surface area contributed by atoms with Crippen LogP contribution < -0.4 is 5.46 Å². The Balaban J connectivity index is 1.96. The van der Waals surface area contributed by atoms with Crippen LogP contribution in [-0.4, -0.2) is 23.8 Å². The van der Waals surface area contributed by atoms with Crippen LogP contribution in [0.1, 0.15) is 27.7 Å². The molecule has 1 aromatic heterocycles. The fourth-order valence-electron chi connectivity index (χ4n) is 2.36. The van der Waals surface area contributed by atoms with Crippen molar-refractivity contribution in [1.29, 1.82) is 0 Å². The normalized spacial score (nSPS) is 13.0. The van der Waals surface area contributed by atoms with E-state index >= 15 is 0 Å². The van der Waals surface area contributed by atoms with E-state index in [1.54, 1.807) is 13.8 Å². The van der Waals surface area contributed by atoms with Gasteiger partial charge in [-0.15, -0.1) is 0 Å². The Morgan fingerprint density at radius 1 is 1.09 bits per heavy atom. The molecule has 5 heteroatoms. The van der Waals surface area contributed by atoms with Gasteiger partial charge < -0.3 is 14.2 Å². The minimum Gasteiger partial charge on any atom is -0.456 e. The van der Waals surface area contributed by atoms with Crippen LogP contribution >= 0.6 is 11.6 Å². The number of rotatable bonds is 4. The van der Waals surface area contributed by atoms with Gasteiger partial charge in [-0.1, -0.05) is 35.3 Å². The van der Waals surface area contributed by atoms with Gasteiger partial charge in [-0.3, -0.25) is 0 Å². The van der Waals surface area contributed by atoms with Gasteiger partial charge in [0.05, 0.1) is 16.2 Å². The van der Waals surface area contributed by atoms with E-state index in [0.717, 1.165) is 27.4 Å². The second kappa shape index (κ2) is 5.55. The molecule has 0 fully saturated rings. The lowest BCUT2D eigenvalue weighted by Gasteiger charge is -2.37. The lowest BCUT2D eigenvalue weighted by atomic mass is 9.82. The summed E-state index contributed by atoms with van der Waals surface area (Å²) < 4.78 is 11.8. The standard InChI is InChI=1S/C18H20BClO3/c1-17(2,21)18(3,4)23-19-11-8-9-14-12(10-11)16-13(20)6-5-7-15(16)22-14/h5-10,19,21H,1-4H3. The fraction of sp³-hybridized carbons (Fsp3) is 0.333. The van der Waals surface area contributed by atoms with Gasteiger partial charge in [0.2, 0.25) is 0 Å². The highest BCUT2D eigenvalue weighted by Gasteiger charge is 2.35. The van der Waals surface area contributed by atoms with Gasteiger partial charge in [-0.25, -0.2) is 0 Å². The van der Waals surface area contributed by atoms with Crippen LogP contribution in [0.2, 0.25) is 5.02 Å². The maximum Gasteiger partial charge on any atom is 0.309 e. The molecule has 1 N–H and O–H groups in total. The Morgan fingerprint density at radius 3 is 2.52 bits per heavy atom. The second-order valence-corrected chi connectivity index (χ2v) is 7.31. The molecule has 2 aromatic carbocycles. The third-order valence-corrected chi connectivity index (χ3v) is 4.90. The van der Waals surface area contributed by atoms with E-state index in [9.17, 15) is 5.11 Å². The van der Waals surface area contributed by atoms with Crippen LogP contribution in [0.3, 0.4) is 0 Å². The summed E-state index contributed by atoms with van der Waals surface area (Å²) in [5.41, 5.74) is 1.01. The molecule has 0 saturated carbocycles. The first-order chi connectivity index (χ1) is 10.7. The van der Waals surface area contributed by atoms with Crippen molar-refractivity contribution >= 4 is 46.5 Å². The molecule has 0 unspecified atom stereocenters. The molecule has 0 aliphatic carbocycles. The molecule has 3 aromatic rings. The molecule has 0 bridgehead atoms. The molecule has 1 heterocycles. The highest BCUT2D eigenvalue weighted by molar-refractivity contribution is 6.48. The number of halogens is 1. The zero-order chi connectivity index (χ0) is 16.8. The Hall–Kier alpha value is -1.49. The number of hydrogen-bond acceptors (Lipinski definition) is 3. The quantitative estimate of drug-likeness (QED) is 0.740. The summed E-state index contributed by atoms with van der Waals surface area (Å²) >= 11 is 6.31. The van der Waals surface area contributed by atoms with Gasteiger partial charge in [-0.2, -0.15) is 0 Å².